The third-order valence-corrected chi connectivity index (χ3v) is 23.4. The zero-order chi connectivity index (χ0) is 17.6. The van der Waals surface area contributed by atoms with Gasteiger partial charge in [-0.1, -0.05) is 0 Å². The van der Waals surface area contributed by atoms with Crippen molar-refractivity contribution in [2.75, 3.05) is 19.0 Å². The first-order valence-electron chi connectivity index (χ1n) is 6.71. The summed E-state index contributed by atoms with van der Waals surface area (Å²) >= 11 is 4.87. The van der Waals surface area contributed by atoms with E-state index in [1.54, 1.807) is 0 Å². The van der Waals surface area contributed by atoms with Crippen LogP contribution in [0.25, 0.3) is 0 Å². The first kappa shape index (κ1) is 19.1. The number of nitrogens with zero attached hydrogens (tertiary/aromatic N) is 2. The molecule has 0 N–H and O–H groups in total. The predicted molar refractivity (Wildman–Crippen MR) is 120 cm³/mol. The first-order valence-corrected chi connectivity index (χ1v) is 23.1. The summed E-state index contributed by atoms with van der Waals surface area (Å²) in [5.41, 5.74) is 0.516. The molecule has 0 saturated heterocycles. The van der Waals surface area contributed by atoms with Crippen LogP contribution < -0.4 is 10.3 Å². The van der Waals surface area contributed by atoms with E-state index in [-0.39, 0.29) is 13.3 Å². The standard InChI is InChI=1S/C15H12F3I3N2S/c1-23(2)9-6-7-11-13(8-9)24(21(19)20)12-5-3-4-10(14(12)22-11)15(16,17)18/h3-8H,1-2H3. The van der Waals surface area contributed by atoms with E-state index in [1.807, 2.05) is 37.2 Å². The molecule has 2 aromatic carbocycles. The molecule has 24 heavy (non-hydrogen) atoms. The Bertz CT molecular complexity index is 927. The molecule has 1 aliphatic heterocycles. The molecule has 0 saturated carbocycles. The molecule has 1 atom stereocenters. The van der Waals surface area contributed by atoms with Crippen LogP contribution in [-0.2, 0) is 6.18 Å². The molecule has 130 valence electrons. The van der Waals surface area contributed by atoms with E-state index >= 15 is 0 Å². The number of hydrogen-bond donors (Lipinski definition) is 0. The van der Waals surface area contributed by atoms with E-state index in [1.165, 1.54) is 6.07 Å². The van der Waals surface area contributed by atoms with Gasteiger partial charge in [0, 0.05) is 0 Å². The molecule has 0 fully saturated rings. The van der Waals surface area contributed by atoms with E-state index in [0.29, 0.717) is 5.36 Å². The molecule has 0 bridgehead atoms. The summed E-state index contributed by atoms with van der Waals surface area (Å²) < 4.78 is 41.3. The first-order chi connectivity index (χ1) is 11.2. The van der Waals surface area contributed by atoms with Crippen molar-refractivity contribution >= 4 is 66.7 Å². The van der Waals surface area contributed by atoms with Gasteiger partial charge in [0.1, 0.15) is 0 Å². The van der Waals surface area contributed by atoms with Gasteiger partial charge in [-0.3, -0.25) is 0 Å². The van der Waals surface area contributed by atoms with Crippen LogP contribution >= 0.6 is 55.4 Å². The SMILES string of the molecule is CN(C)c1ccc2c(c1)=S(I(I)I)c1cccc(C(F)(F)F)c1N=2. The number of fused-ring (bicyclic) bond motifs is 2. The third-order valence-electron chi connectivity index (χ3n) is 3.50. The number of halogens is 6. The summed E-state index contributed by atoms with van der Waals surface area (Å²) in [6.45, 7) is 0. The van der Waals surface area contributed by atoms with Crippen LogP contribution in [0.15, 0.2) is 46.3 Å². The molecular weight excluding hydrogens is 678 g/mol. The average molecular weight is 690 g/mol. The van der Waals surface area contributed by atoms with Gasteiger partial charge in [-0.2, -0.15) is 0 Å². The van der Waals surface area contributed by atoms with Gasteiger partial charge in [-0.25, -0.2) is 0 Å². The van der Waals surface area contributed by atoms with Crippen molar-refractivity contribution in [1.82, 2.24) is 0 Å². The van der Waals surface area contributed by atoms with Gasteiger partial charge in [-0.15, -0.1) is 0 Å². The molecule has 9 heteroatoms. The third kappa shape index (κ3) is 3.59. The Morgan fingerprint density at radius 1 is 1.12 bits per heavy atom. The maximum atomic E-state index is 13.4. The minimum atomic E-state index is -4.39. The van der Waals surface area contributed by atoms with E-state index in [4.69, 9.17) is 0 Å². The van der Waals surface area contributed by atoms with Crippen molar-refractivity contribution in [3.63, 3.8) is 0 Å². The number of alkyl halides is 3. The summed E-state index contributed by atoms with van der Waals surface area (Å²) in [5.74, 6) is 0. The normalized spacial score (nSPS) is 16.8. The molecule has 2 aromatic rings. The number of anilines is 1. The van der Waals surface area contributed by atoms with Gasteiger partial charge in [0.2, 0.25) is 0 Å². The number of para-hydroxylation sites is 1. The topological polar surface area (TPSA) is 15.6 Å². The Morgan fingerprint density at radius 3 is 2.42 bits per heavy atom. The van der Waals surface area contributed by atoms with Crippen molar-refractivity contribution in [2.24, 2.45) is 4.99 Å². The van der Waals surface area contributed by atoms with E-state index < -0.39 is 22.2 Å². The van der Waals surface area contributed by atoms with Gasteiger partial charge in [0.05, 0.1) is 0 Å². The fourth-order valence-corrected chi connectivity index (χ4v) is 22.6. The van der Waals surface area contributed by atoms with Crippen LogP contribution in [0, 0.1) is 4.51 Å². The van der Waals surface area contributed by atoms with Crippen molar-refractivity contribution in [2.45, 2.75) is 11.1 Å². The number of hydrogen-bond acceptors (Lipinski definition) is 2. The van der Waals surface area contributed by atoms with Crippen LogP contribution in [0.3, 0.4) is 0 Å². The molecule has 0 aliphatic carbocycles. The molecule has 0 aromatic heterocycles. The Morgan fingerprint density at radius 2 is 1.83 bits per heavy atom. The van der Waals surface area contributed by atoms with Gasteiger partial charge >= 0.3 is 167 Å². The molecule has 0 amide bonds. The van der Waals surface area contributed by atoms with Crippen molar-refractivity contribution in [3.05, 3.63) is 51.8 Å². The molecule has 1 heterocycles. The van der Waals surface area contributed by atoms with Crippen LogP contribution in [0.2, 0.25) is 0 Å². The van der Waals surface area contributed by atoms with Crippen molar-refractivity contribution in [3.8, 4) is 0 Å². The van der Waals surface area contributed by atoms with Gasteiger partial charge in [-0.05, 0) is 0 Å². The zero-order valence-corrected chi connectivity index (χ0v) is 19.8. The Balaban J connectivity index is 2.41. The monoisotopic (exact) mass is 690 g/mol. The quantitative estimate of drug-likeness (QED) is 0.252. The Kier molecular flexibility index (Phi) is 5.72. The summed E-state index contributed by atoms with van der Waals surface area (Å²) in [5, 5.41) is 0.670. The van der Waals surface area contributed by atoms with Crippen LogP contribution in [-0.4, -0.2) is 14.1 Å². The fourth-order valence-electron chi connectivity index (χ4n) is 2.39. The molecule has 0 spiro atoms. The number of benzene rings is 2. The Hall–Kier alpha value is 0.370. The second-order valence-electron chi connectivity index (χ2n) is 5.24. The molecule has 1 aliphatic rings. The summed E-state index contributed by atoms with van der Waals surface area (Å²) in [7, 11) is 2.09. The van der Waals surface area contributed by atoms with Crippen LogP contribution in [0.1, 0.15) is 5.56 Å². The predicted octanol–water partition coefficient (Wildman–Crippen LogP) is 6.74. The average Bonchev–Trinajstić information content (AvgIpc) is 2.49. The minimum absolute atomic E-state index is 0.106. The second kappa shape index (κ2) is 7.18. The van der Waals surface area contributed by atoms with E-state index in [0.717, 1.165) is 21.2 Å². The van der Waals surface area contributed by atoms with Gasteiger partial charge in [0.15, 0.2) is 0 Å². The molecule has 0 radical (unpaired) electrons. The zero-order valence-electron chi connectivity index (χ0n) is 12.5. The van der Waals surface area contributed by atoms with Crippen molar-refractivity contribution < 1.29 is 13.2 Å². The number of rotatable bonds is 2. The molecule has 1 unspecified atom stereocenters. The van der Waals surface area contributed by atoms with E-state index in [2.05, 4.69) is 48.3 Å². The maximum absolute atomic E-state index is 13.4. The summed E-state index contributed by atoms with van der Waals surface area (Å²) in [6, 6.07) is 10.3. The van der Waals surface area contributed by atoms with Crippen LogP contribution in [0.5, 0.6) is 0 Å². The summed E-state index contributed by atoms with van der Waals surface area (Å²) in [4.78, 5) is 7.14. The van der Waals surface area contributed by atoms with Gasteiger partial charge in [0.25, 0.3) is 0 Å². The molecular formula is C15H12F3I3N2S. The summed E-state index contributed by atoms with van der Waals surface area (Å²) in [6.07, 6.45) is -4.39. The second-order valence-corrected chi connectivity index (χ2v) is 41.1. The molecule has 3 rings (SSSR count). The Labute approximate surface area is 165 Å². The van der Waals surface area contributed by atoms with Gasteiger partial charge < -0.3 is 0 Å². The molecule has 2 nitrogen and oxygen atoms in total. The van der Waals surface area contributed by atoms with E-state index in [9.17, 15) is 13.2 Å². The van der Waals surface area contributed by atoms with Crippen LogP contribution in [0.4, 0.5) is 24.5 Å². The van der Waals surface area contributed by atoms with Crippen molar-refractivity contribution in [1.29, 1.82) is 0 Å². The fraction of sp³-hybridized carbons (Fsp3) is 0.200.